The van der Waals surface area contributed by atoms with Gasteiger partial charge in [-0.05, 0) is 17.5 Å². The van der Waals surface area contributed by atoms with Crippen molar-refractivity contribution in [3.05, 3.63) is 77.9 Å². The van der Waals surface area contributed by atoms with Crippen LogP contribution in [0.2, 0.25) is 0 Å². The summed E-state index contributed by atoms with van der Waals surface area (Å²) in [5.41, 5.74) is 2.34. The molecule has 1 saturated heterocycles. The highest BCUT2D eigenvalue weighted by atomic mass is 16.6. The van der Waals surface area contributed by atoms with Crippen molar-refractivity contribution in [2.45, 2.75) is 12.5 Å². The van der Waals surface area contributed by atoms with E-state index in [0.717, 1.165) is 11.1 Å². The molecule has 0 saturated carbocycles. The number of rotatable bonds is 5. The van der Waals surface area contributed by atoms with Crippen LogP contribution >= 0.6 is 0 Å². The van der Waals surface area contributed by atoms with Crippen molar-refractivity contribution in [1.82, 2.24) is 4.90 Å². The fraction of sp³-hybridized carbons (Fsp3) is 0.200. The molecular weight excluding hydrogens is 318 g/mol. The molecule has 5 nitrogen and oxygen atoms in total. The summed E-state index contributed by atoms with van der Waals surface area (Å²) < 4.78 is 10.0. The number of hydrogen-bond donors (Lipinski definition) is 0. The molecule has 25 heavy (non-hydrogen) atoms. The van der Waals surface area contributed by atoms with Crippen LogP contribution in [0, 0.1) is 0 Å². The SMILES string of the molecule is COC(=O)/C=C(/c1ccccc1)N1C(=O)OC[C@@H]1Cc1ccccc1. The molecule has 3 rings (SSSR count). The maximum absolute atomic E-state index is 12.4. The summed E-state index contributed by atoms with van der Waals surface area (Å²) in [6.07, 6.45) is 1.51. The first-order valence-electron chi connectivity index (χ1n) is 8.04. The van der Waals surface area contributed by atoms with E-state index in [-0.39, 0.29) is 12.6 Å². The molecule has 1 aliphatic heterocycles. The summed E-state index contributed by atoms with van der Waals surface area (Å²) in [6, 6.07) is 19.0. The summed E-state index contributed by atoms with van der Waals surface area (Å²) in [4.78, 5) is 25.8. The second-order valence-corrected chi connectivity index (χ2v) is 5.71. The number of carbonyl (C=O) groups is 2. The van der Waals surface area contributed by atoms with Gasteiger partial charge < -0.3 is 9.47 Å². The van der Waals surface area contributed by atoms with Crippen LogP contribution in [-0.4, -0.2) is 36.7 Å². The second kappa shape index (κ2) is 7.66. The molecule has 0 unspecified atom stereocenters. The number of esters is 1. The van der Waals surface area contributed by atoms with Gasteiger partial charge in [-0.25, -0.2) is 9.59 Å². The molecule has 5 heteroatoms. The van der Waals surface area contributed by atoms with Crippen LogP contribution in [0.15, 0.2) is 66.7 Å². The van der Waals surface area contributed by atoms with Crippen molar-refractivity contribution in [2.24, 2.45) is 0 Å². The van der Waals surface area contributed by atoms with Crippen molar-refractivity contribution in [3.63, 3.8) is 0 Å². The third-order valence-electron chi connectivity index (χ3n) is 4.06. The zero-order valence-corrected chi connectivity index (χ0v) is 13.9. The lowest BCUT2D eigenvalue weighted by atomic mass is 10.0. The Bertz CT molecular complexity index is 771. The van der Waals surface area contributed by atoms with Gasteiger partial charge in [0.1, 0.15) is 6.61 Å². The molecule has 1 heterocycles. The van der Waals surface area contributed by atoms with E-state index in [1.165, 1.54) is 13.2 Å². The molecule has 128 valence electrons. The molecule has 0 bridgehead atoms. The Morgan fingerprint density at radius 2 is 1.80 bits per heavy atom. The van der Waals surface area contributed by atoms with E-state index in [0.29, 0.717) is 12.1 Å². The lowest BCUT2D eigenvalue weighted by Gasteiger charge is -2.24. The third-order valence-corrected chi connectivity index (χ3v) is 4.06. The molecule has 1 amide bonds. The van der Waals surface area contributed by atoms with Crippen LogP contribution in [0.1, 0.15) is 11.1 Å². The molecule has 1 fully saturated rings. The molecule has 2 aromatic carbocycles. The van der Waals surface area contributed by atoms with Crippen molar-refractivity contribution >= 4 is 17.8 Å². The second-order valence-electron chi connectivity index (χ2n) is 5.71. The minimum atomic E-state index is -0.517. The summed E-state index contributed by atoms with van der Waals surface area (Å²) >= 11 is 0. The van der Waals surface area contributed by atoms with E-state index in [2.05, 4.69) is 0 Å². The fourth-order valence-corrected chi connectivity index (χ4v) is 2.86. The van der Waals surface area contributed by atoms with Gasteiger partial charge in [-0.3, -0.25) is 4.90 Å². The van der Waals surface area contributed by atoms with Crippen molar-refractivity contribution in [2.75, 3.05) is 13.7 Å². The molecule has 0 spiro atoms. The first-order chi connectivity index (χ1) is 12.2. The van der Waals surface area contributed by atoms with Crippen LogP contribution in [0.25, 0.3) is 5.70 Å². The summed E-state index contributed by atoms with van der Waals surface area (Å²) in [7, 11) is 1.31. The Hall–Kier alpha value is -3.08. The van der Waals surface area contributed by atoms with E-state index in [9.17, 15) is 9.59 Å². The van der Waals surface area contributed by atoms with Crippen LogP contribution in [-0.2, 0) is 20.7 Å². The quantitative estimate of drug-likeness (QED) is 0.621. The van der Waals surface area contributed by atoms with Gasteiger partial charge in [0.05, 0.1) is 18.8 Å². The summed E-state index contributed by atoms with van der Waals surface area (Å²) in [5.74, 6) is -0.517. The number of ether oxygens (including phenoxy) is 2. The number of nitrogens with zero attached hydrogens (tertiary/aromatic N) is 1. The molecule has 1 aliphatic rings. The first kappa shape index (κ1) is 16.8. The monoisotopic (exact) mass is 337 g/mol. The molecule has 0 N–H and O–H groups in total. The van der Waals surface area contributed by atoms with Crippen molar-refractivity contribution in [3.8, 4) is 0 Å². The maximum Gasteiger partial charge on any atom is 0.414 e. The minimum absolute atomic E-state index is 0.189. The van der Waals surface area contributed by atoms with E-state index in [1.807, 2.05) is 60.7 Å². The number of carbonyl (C=O) groups excluding carboxylic acids is 2. The molecular formula is C20H19NO4. The van der Waals surface area contributed by atoms with E-state index in [4.69, 9.17) is 9.47 Å². The van der Waals surface area contributed by atoms with Crippen LogP contribution in [0.5, 0.6) is 0 Å². The number of methoxy groups -OCH3 is 1. The highest BCUT2D eigenvalue weighted by Crippen LogP contribution is 2.28. The normalized spacial score (nSPS) is 17.3. The Balaban J connectivity index is 1.96. The van der Waals surface area contributed by atoms with Crippen LogP contribution in [0.3, 0.4) is 0 Å². The van der Waals surface area contributed by atoms with Gasteiger partial charge in [0.15, 0.2) is 0 Å². The highest BCUT2D eigenvalue weighted by molar-refractivity contribution is 5.95. The van der Waals surface area contributed by atoms with Gasteiger partial charge in [0, 0.05) is 6.08 Å². The number of hydrogen-bond acceptors (Lipinski definition) is 4. The van der Waals surface area contributed by atoms with Crippen molar-refractivity contribution in [1.29, 1.82) is 0 Å². The van der Waals surface area contributed by atoms with E-state index < -0.39 is 12.1 Å². The fourth-order valence-electron chi connectivity index (χ4n) is 2.86. The van der Waals surface area contributed by atoms with Gasteiger partial charge >= 0.3 is 12.1 Å². The number of cyclic esters (lactones) is 1. The van der Waals surface area contributed by atoms with Gasteiger partial charge in [0.2, 0.25) is 0 Å². The van der Waals surface area contributed by atoms with E-state index >= 15 is 0 Å². The standard InChI is InChI=1S/C20H19NO4/c1-24-19(22)13-18(16-10-6-3-7-11-16)21-17(14-25-20(21)23)12-15-8-4-2-5-9-15/h2-11,13,17H,12,14H2,1H3/b18-13-/t17-/m0/s1. The Labute approximate surface area is 146 Å². The average Bonchev–Trinajstić information content (AvgIpc) is 3.01. The Morgan fingerprint density at radius 3 is 2.44 bits per heavy atom. The average molecular weight is 337 g/mol. The van der Waals surface area contributed by atoms with Gasteiger partial charge in [-0.15, -0.1) is 0 Å². The lowest BCUT2D eigenvalue weighted by molar-refractivity contribution is -0.134. The minimum Gasteiger partial charge on any atom is -0.466 e. The summed E-state index contributed by atoms with van der Waals surface area (Å²) in [6.45, 7) is 0.277. The van der Waals surface area contributed by atoms with Crippen LogP contribution in [0.4, 0.5) is 4.79 Å². The Morgan fingerprint density at radius 1 is 1.16 bits per heavy atom. The largest absolute Gasteiger partial charge is 0.466 e. The highest BCUT2D eigenvalue weighted by Gasteiger charge is 2.36. The summed E-state index contributed by atoms with van der Waals surface area (Å²) in [5, 5.41) is 0. The zero-order chi connectivity index (χ0) is 17.6. The molecule has 2 aromatic rings. The zero-order valence-electron chi connectivity index (χ0n) is 13.9. The predicted octanol–water partition coefficient (Wildman–Crippen LogP) is 3.26. The van der Waals surface area contributed by atoms with Gasteiger partial charge in [0.25, 0.3) is 0 Å². The molecule has 1 atom stereocenters. The first-order valence-corrected chi connectivity index (χ1v) is 8.04. The number of amides is 1. The van der Waals surface area contributed by atoms with Gasteiger partial charge in [-0.2, -0.15) is 0 Å². The third kappa shape index (κ3) is 3.88. The smallest absolute Gasteiger partial charge is 0.414 e. The molecule has 0 radical (unpaired) electrons. The topological polar surface area (TPSA) is 55.8 Å². The maximum atomic E-state index is 12.4. The van der Waals surface area contributed by atoms with Crippen LogP contribution < -0.4 is 0 Å². The Kier molecular flexibility index (Phi) is 5.14. The number of benzene rings is 2. The lowest BCUT2D eigenvalue weighted by Crippen LogP contribution is -2.34. The van der Waals surface area contributed by atoms with Gasteiger partial charge in [-0.1, -0.05) is 60.7 Å². The van der Waals surface area contributed by atoms with Crippen molar-refractivity contribution < 1.29 is 19.1 Å². The molecule has 0 aliphatic carbocycles. The predicted molar refractivity (Wildman–Crippen MR) is 93.6 cm³/mol. The molecule has 0 aromatic heterocycles. The van der Waals surface area contributed by atoms with E-state index in [1.54, 1.807) is 4.90 Å².